The van der Waals surface area contributed by atoms with E-state index in [1.165, 1.54) is 0 Å². The lowest BCUT2D eigenvalue weighted by Crippen LogP contribution is -2.31. The molecule has 1 aliphatic heterocycles. The van der Waals surface area contributed by atoms with Gasteiger partial charge in [0.2, 0.25) is 0 Å². The summed E-state index contributed by atoms with van der Waals surface area (Å²) in [6.45, 7) is 5.07. The van der Waals surface area contributed by atoms with Crippen molar-refractivity contribution < 1.29 is 14.3 Å². The molecule has 0 bridgehead atoms. The van der Waals surface area contributed by atoms with Gasteiger partial charge in [-0.05, 0) is 37.1 Å². The van der Waals surface area contributed by atoms with E-state index in [4.69, 9.17) is 9.47 Å². The Balaban J connectivity index is 1.64. The van der Waals surface area contributed by atoms with Gasteiger partial charge in [0.15, 0.2) is 11.5 Å². The van der Waals surface area contributed by atoms with Crippen molar-refractivity contribution in [3.8, 4) is 11.5 Å². The fraction of sp³-hybridized carbons (Fsp3) is 0.278. The summed E-state index contributed by atoms with van der Waals surface area (Å²) in [6.07, 6.45) is 0. The molecule has 0 aliphatic carbocycles. The number of ether oxygens (including phenoxy) is 2. The number of carbonyl (C=O) groups excluding carboxylic acids is 1. The molecular weight excluding hydrogens is 292 g/mol. The van der Waals surface area contributed by atoms with Gasteiger partial charge in [0.05, 0.1) is 6.04 Å². The minimum Gasteiger partial charge on any atom is -0.486 e. The molecule has 5 heteroatoms. The molecule has 2 aromatic carbocycles. The Labute approximate surface area is 135 Å². The van der Waals surface area contributed by atoms with Crippen LogP contribution in [-0.4, -0.2) is 19.2 Å². The van der Waals surface area contributed by atoms with Gasteiger partial charge in [-0.1, -0.05) is 24.3 Å². The highest BCUT2D eigenvalue weighted by atomic mass is 16.6. The van der Waals surface area contributed by atoms with Gasteiger partial charge in [-0.3, -0.25) is 0 Å². The summed E-state index contributed by atoms with van der Waals surface area (Å²) >= 11 is 0. The molecule has 1 heterocycles. The van der Waals surface area contributed by atoms with E-state index in [0.29, 0.717) is 30.4 Å². The molecule has 2 N–H and O–H groups in total. The number of benzene rings is 2. The van der Waals surface area contributed by atoms with Gasteiger partial charge in [-0.2, -0.15) is 0 Å². The number of hydrogen-bond donors (Lipinski definition) is 2. The molecule has 1 unspecified atom stereocenters. The van der Waals surface area contributed by atoms with E-state index < -0.39 is 0 Å². The summed E-state index contributed by atoms with van der Waals surface area (Å²) in [5.41, 5.74) is 2.92. The molecule has 5 nitrogen and oxygen atoms in total. The van der Waals surface area contributed by atoms with Gasteiger partial charge in [0, 0.05) is 11.8 Å². The van der Waals surface area contributed by atoms with Crippen molar-refractivity contribution in [3.63, 3.8) is 0 Å². The van der Waals surface area contributed by atoms with Gasteiger partial charge >= 0.3 is 6.03 Å². The second-order valence-electron chi connectivity index (χ2n) is 5.54. The Bertz CT molecular complexity index is 715. The summed E-state index contributed by atoms with van der Waals surface area (Å²) in [5.74, 6) is 1.36. The Morgan fingerprint density at radius 2 is 1.83 bits per heavy atom. The lowest BCUT2D eigenvalue weighted by molar-refractivity contribution is 0.171. The number of aryl methyl sites for hydroxylation is 1. The first-order valence-electron chi connectivity index (χ1n) is 7.66. The van der Waals surface area contributed by atoms with Crippen LogP contribution in [0, 0.1) is 6.92 Å². The van der Waals surface area contributed by atoms with Gasteiger partial charge < -0.3 is 20.1 Å². The van der Waals surface area contributed by atoms with Crippen LogP contribution in [0.25, 0.3) is 0 Å². The number of hydrogen-bond acceptors (Lipinski definition) is 3. The van der Waals surface area contributed by atoms with Crippen LogP contribution in [-0.2, 0) is 0 Å². The van der Waals surface area contributed by atoms with E-state index in [1.807, 2.05) is 38.1 Å². The Kier molecular flexibility index (Phi) is 4.37. The average Bonchev–Trinajstić information content (AvgIpc) is 2.55. The summed E-state index contributed by atoms with van der Waals surface area (Å²) in [5, 5.41) is 5.77. The molecule has 0 aromatic heterocycles. The van der Waals surface area contributed by atoms with Crippen LogP contribution in [0.2, 0.25) is 0 Å². The normalized spacial score (nSPS) is 14.0. The van der Waals surface area contributed by atoms with Crippen LogP contribution >= 0.6 is 0 Å². The quantitative estimate of drug-likeness (QED) is 0.909. The number of rotatable bonds is 3. The summed E-state index contributed by atoms with van der Waals surface area (Å²) in [7, 11) is 0. The SMILES string of the molecule is Cc1ccccc1C(C)NC(=O)Nc1ccc2c(c1)OCCO2. The van der Waals surface area contributed by atoms with Gasteiger partial charge in [-0.15, -0.1) is 0 Å². The van der Waals surface area contributed by atoms with E-state index in [1.54, 1.807) is 18.2 Å². The Morgan fingerprint density at radius 1 is 1.09 bits per heavy atom. The van der Waals surface area contributed by atoms with Crippen molar-refractivity contribution in [3.05, 3.63) is 53.6 Å². The molecule has 0 saturated carbocycles. The fourth-order valence-corrected chi connectivity index (χ4v) is 2.64. The number of carbonyl (C=O) groups is 1. The molecule has 1 aliphatic rings. The van der Waals surface area contributed by atoms with Gasteiger partial charge in [0.25, 0.3) is 0 Å². The largest absolute Gasteiger partial charge is 0.486 e. The third-order valence-electron chi connectivity index (χ3n) is 3.80. The highest BCUT2D eigenvalue weighted by Crippen LogP contribution is 2.32. The van der Waals surface area contributed by atoms with Crippen LogP contribution in [0.3, 0.4) is 0 Å². The zero-order valence-corrected chi connectivity index (χ0v) is 13.3. The monoisotopic (exact) mass is 312 g/mol. The number of urea groups is 1. The summed E-state index contributed by atoms with van der Waals surface area (Å²) in [4.78, 5) is 12.2. The number of nitrogens with one attached hydrogen (secondary N) is 2. The number of amides is 2. The van der Waals surface area contributed by atoms with Crippen molar-refractivity contribution >= 4 is 11.7 Å². The van der Waals surface area contributed by atoms with E-state index in [2.05, 4.69) is 10.6 Å². The van der Waals surface area contributed by atoms with Crippen LogP contribution in [0.4, 0.5) is 10.5 Å². The standard InChI is InChI=1S/C18H20N2O3/c1-12-5-3-4-6-15(12)13(2)19-18(21)20-14-7-8-16-17(11-14)23-10-9-22-16/h3-8,11,13H,9-10H2,1-2H3,(H2,19,20,21). The van der Waals surface area contributed by atoms with E-state index in [9.17, 15) is 4.79 Å². The molecule has 1 atom stereocenters. The average molecular weight is 312 g/mol. The van der Waals surface area contributed by atoms with Crippen molar-refractivity contribution in [2.45, 2.75) is 19.9 Å². The minimum atomic E-state index is -0.252. The van der Waals surface area contributed by atoms with Gasteiger partial charge in [-0.25, -0.2) is 4.79 Å². The fourth-order valence-electron chi connectivity index (χ4n) is 2.64. The molecule has 120 valence electrons. The van der Waals surface area contributed by atoms with Crippen molar-refractivity contribution in [2.24, 2.45) is 0 Å². The van der Waals surface area contributed by atoms with Crippen molar-refractivity contribution in [2.75, 3.05) is 18.5 Å². The predicted molar refractivity (Wildman–Crippen MR) is 89.2 cm³/mol. The first-order valence-corrected chi connectivity index (χ1v) is 7.66. The molecule has 0 spiro atoms. The highest BCUT2D eigenvalue weighted by molar-refractivity contribution is 5.90. The van der Waals surface area contributed by atoms with Crippen molar-refractivity contribution in [1.82, 2.24) is 5.32 Å². The Hall–Kier alpha value is -2.69. The zero-order valence-electron chi connectivity index (χ0n) is 13.3. The van der Waals surface area contributed by atoms with Crippen LogP contribution < -0.4 is 20.1 Å². The molecule has 0 radical (unpaired) electrons. The van der Waals surface area contributed by atoms with Crippen LogP contribution in [0.5, 0.6) is 11.5 Å². The second kappa shape index (κ2) is 6.60. The third kappa shape index (κ3) is 3.56. The molecule has 0 fully saturated rings. The number of fused-ring (bicyclic) bond motifs is 1. The molecule has 2 amide bonds. The lowest BCUT2D eigenvalue weighted by atomic mass is 10.0. The van der Waals surface area contributed by atoms with Crippen LogP contribution in [0.1, 0.15) is 24.1 Å². The Morgan fingerprint density at radius 3 is 2.61 bits per heavy atom. The molecule has 0 saturated heterocycles. The van der Waals surface area contributed by atoms with Crippen LogP contribution in [0.15, 0.2) is 42.5 Å². The highest BCUT2D eigenvalue weighted by Gasteiger charge is 2.14. The second-order valence-corrected chi connectivity index (χ2v) is 5.54. The van der Waals surface area contributed by atoms with E-state index >= 15 is 0 Å². The lowest BCUT2D eigenvalue weighted by Gasteiger charge is -2.20. The first kappa shape index (κ1) is 15.2. The maximum atomic E-state index is 12.2. The topological polar surface area (TPSA) is 59.6 Å². The molecule has 23 heavy (non-hydrogen) atoms. The minimum absolute atomic E-state index is 0.0755. The van der Waals surface area contributed by atoms with E-state index in [-0.39, 0.29) is 12.1 Å². The number of anilines is 1. The maximum Gasteiger partial charge on any atom is 0.319 e. The summed E-state index contributed by atoms with van der Waals surface area (Å²) < 4.78 is 11.0. The third-order valence-corrected chi connectivity index (χ3v) is 3.80. The van der Waals surface area contributed by atoms with Crippen molar-refractivity contribution in [1.29, 1.82) is 0 Å². The predicted octanol–water partition coefficient (Wildman–Crippen LogP) is 3.65. The van der Waals surface area contributed by atoms with E-state index in [0.717, 1.165) is 11.1 Å². The molecular formula is C18H20N2O3. The zero-order chi connectivity index (χ0) is 16.2. The summed E-state index contributed by atoms with van der Waals surface area (Å²) in [6, 6.07) is 13.1. The molecule has 2 aromatic rings. The first-order chi connectivity index (χ1) is 11.1. The molecule has 3 rings (SSSR count). The smallest absolute Gasteiger partial charge is 0.319 e. The maximum absolute atomic E-state index is 12.2. The van der Waals surface area contributed by atoms with Gasteiger partial charge in [0.1, 0.15) is 13.2 Å².